The fourth-order valence-electron chi connectivity index (χ4n) is 8.80. The lowest BCUT2D eigenvalue weighted by atomic mass is 9.95. The lowest BCUT2D eigenvalue weighted by Gasteiger charge is -2.39. The van der Waals surface area contributed by atoms with E-state index in [-0.39, 0.29) is 85.5 Å². The molecule has 4 aliphatic rings. The highest BCUT2D eigenvalue weighted by molar-refractivity contribution is 7.94. The van der Waals surface area contributed by atoms with E-state index in [0.717, 1.165) is 82.8 Å². The quantitative estimate of drug-likeness (QED) is 0.111. The van der Waals surface area contributed by atoms with E-state index in [1.54, 1.807) is 38.1 Å². The highest BCUT2D eigenvalue weighted by atomic mass is 32.2. The van der Waals surface area contributed by atoms with E-state index >= 15 is 0 Å². The smallest absolute Gasteiger partial charge is 0.389 e. The number of carbonyl (C=O) groups is 4. The van der Waals surface area contributed by atoms with Gasteiger partial charge in [0.2, 0.25) is 17.8 Å². The SMILES string of the molecule is CNC(=O)C(CCC=O)N1Cc2c(C#CCOC3CCN(C(=O)C4CCN(SN5CCC(Nc6ncc(C(F)(F)F)c(-c7cnn(CC(C)(C)O)c7)n6)CC5)CC4)CC3)cccc2C1=O. The van der Waals surface area contributed by atoms with Crippen molar-refractivity contribution < 1.29 is 42.2 Å². The minimum atomic E-state index is -4.66. The number of alkyl halides is 3. The van der Waals surface area contributed by atoms with Crippen LogP contribution in [0.2, 0.25) is 0 Å². The van der Waals surface area contributed by atoms with E-state index in [1.165, 1.54) is 29.0 Å². The van der Waals surface area contributed by atoms with Gasteiger partial charge < -0.3 is 35.1 Å². The molecule has 0 saturated carbocycles. The number of nitrogens with zero attached hydrogens (tertiary/aromatic N) is 8. The molecule has 0 radical (unpaired) electrons. The molecule has 6 heterocycles. The topological polar surface area (TPSA) is 178 Å². The van der Waals surface area contributed by atoms with Gasteiger partial charge in [0.05, 0.1) is 30.1 Å². The number of benzene rings is 1. The van der Waals surface area contributed by atoms with Gasteiger partial charge in [0.25, 0.3) is 5.91 Å². The van der Waals surface area contributed by atoms with E-state index in [1.807, 2.05) is 11.0 Å². The molecular weight excluding hydrogens is 866 g/mol. The molecule has 0 spiro atoms. The number of aliphatic hydroxyl groups is 1. The van der Waals surface area contributed by atoms with Crippen molar-refractivity contribution in [2.45, 2.75) is 108 Å². The van der Waals surface area contributed by atoms with Crippen LogP contribution in [0.4, 0.5) is 19.1 Å². The van der Waals surface area contributed by atoms with Gasteiger partial charge in [-0.1, -0.05) is 17.9 Å². The standard InChI is InChI=1S/C45H57F3N10O6S/c1-44(2,63)29-55-27-32(25-51-55)39-37(45(46,47)48)26-50-43(53-39)52-33-13-21-57(22-14-33)65-56-19-11-31(12-20-56)41(61)54-17-15-34(16-18-54)64-24-6-8-30-7-4-9-35-36(30)28-58(42(35)62)38(10-5-23-59)40(60)49-3/h4,7,9,23,25-27,31,33-34,38,63H,5,10-22,24,28-29H2,1-3H3,(H,49,60)(H,50,52,53). The molecular formula is C45H57F3N10O6S. The molecule has 16 nitrogen and oxygen atoms in total. The number of hydrogen-bond donors (Lipinski definition) is 3. The van der Waals surface area contributed by atoms with Crippen molar-refractivity contribution in [1.29, 1.82) is 0 Å². The zero-order valence-electron chi connectivity index (χ0n) is 37.0. The Morgan fingerprint density at radius 1 is 1.03 bits per heavy atom. The monoisotopic (exact) mass is 922 g/mol. The van der Waals surface area contributed by atoms with Crippen LogP contribution in [0.25, 0.3) is 11.3 Å². The lowest BCUT2D eigenvalue weighted by Crippen LogP contribution is -2.46. The summed E-state index contributed by atoms with van der Waals surface area (Å²) in [7, 11) is 1.51. The molecule has 0 bridgehead atoms. The Hall–Kier alpha value is -5.07. The second-order valence-electron chi connectivity index (χ2n) is 17.6. The molecule has 1 atom stereocenters. The number of anilines is 1. The molecule has 65 heavy (non-hydrogen) atoms. The Morgan fingerprint density at radius 2 is 1.74 bits per heavy atom. The predicted molar refractivity (Wildman–Crippen MR) is 237 cm³/mol. The number of rotatable bonds is 15. The van der Waals surface area contributed by atoms with E-state index in [0.29, 0.717) is 24.2 Å². The largest absolute Gasteiger partial charge is 0.419 e. The number of hydrogen-bond acceptors (Lipinski definition) is 13. The average Bonchev–Trinajstić information content (AvgIpc) is 3.89. The number of amides is 3. The van der Waals surface area contributed by atoms with Gasteiger partial charge in [-0.15, -0.1) is 0 Å². The first-order chi connectivity index (χ1) is 31.1. The van der Waals surface area contributed by atoms with Gasteiger partial charge in [-0.05, 0) is 76.5 Å². The number of carbonyl (C=O) groups excluding carboxylic acids is 4. The Bertz CT molecular complexity index is 2240. The highest BCUT2D eigenvalue weighted by Gasteiger charge is 2.38. The normalized spacial score (nSPS) is 18.8. The molecule has 3 fully saturated rings. The third-order valence-corrected chi connectivity index (χ3v) is 13.4. The van der Waals surface area contributed by atoms with Crippen molar-refractivity contribution in [2.24, 2.45) is 5.92 Å². The van der Waals surface area contributed by atoms with Crippen LogP contribution < -0.4 is 10.6 Å². The first-order valence-electron chi connectivity index (χ1n) is 22.2. The summed E-state index contributed by atoms with van der Waals surface area (Å²) in [4.78, 5) is 62.1. The summed E-state index contributed by atoms with van der Waals surface area (Å²) in [6.07, 6.45) is 4.54. The first kappa shape index (κ1) is 47.9. The van der Waals surface area contributed by atoms with E-state index < -0.39 is 23.4 Å². The Morgan fingerprint density at radius 3 is 2.40 bits per heavy atom. The summed E-state index contributed by atoms with van der Waals surface area (Å²) in [5, 5.41) is 20.1. The van der Waals surface area contributed by atoms with Crippen molar-refractivity contribution in [3.8, 4) is 23.1 Å². The number of aromatic nitrogens is 4. The van der Waals surface area contributed by atoms with E-state index in [4.69, 9.17) is 4.74 Å². The van der Waals surface area contributed by atoms with E-state index in [9.17, 15) is 37.5 Å². The lowest BCUT2D eigenvalue weighted by molar-refractivity contribution is -0.139. The maximum absolute atomic E-state index is 13.9. The van der Waals surface area contributed by atoms with Gasteiger partial charge in [-0.2, -0.15) is 18.3 Å². The van der Waals surface area contributed by atoms with Crippen LogP contribution in [-0.4, -0.2) is 144 Å². The number of piperidine rings is 3. The van der Waals surface area contributed by atoms with Gasteiger partial charge in [-0.3, -0.25) is 19.1 Å². The Balaban J connectivity index is 0.810. The van der Waals surface area contributed by atoms with Crippen LogP contribution in [0.1, 0.15) is 92.3 Å². The summed E-state index contributed by atoms with van der Waals surface area (Å²) >= 11 is 1.69. The van der Waals surface area contributed by atoms with Gasteiger partial charge in [0, 0.05) is 112 Å². The summed E-state index contributed by atoms with van der Waals surface area (Å²) < 4.78 is 53.9. The molecule has 350 valence electrons. The maximum atomic E-state index is 13.9. The first-order valence-corrected chi connectivity index (χ1v) is 22.9. The van der Waals surface area contributed by atoms with Crippen molar-refractivity contribution in [1.82, 2.24) is 43.5 Å². The van der Waals surface area contributed by atoms with E-state index in [2.05, 4.69) is 46.2 Å². The van der Waals surface area contributed by atoms with Crippen molar-refractivity contribution >= 4 is 42.1 Å². The van der Waals surface area contributed by atoms with Gasteiger partial charge in [0.1, 0.15) is 24.5 Å². The fourth-order valence-corrected chi connectivity index (χ4v) is 9.87. The molecule has 2 aromatic heterocycles. The molecule has 20 heteroatoms. The zero-order chi connectivity index (χ0) is 46.3. The van der Waals surface area contributed by atoms with Crippen molar-refractivity contribution in [3.63, 3.8) is 0 Å². The summed E-state index contributed by atoms with van der Waals surface area (Å²) in [6.45, 7) is 8.10. The molecule has 0 aliphatic carbocycles. The van der Waals surface area contributed by atoms with Crippen LogP contribution in [0.5, 0.6) is 0 Å². The second kappa shape index (κ2) is 21.0. The number of likely N-dealkylation sites (tertiary alicyclic amines) is 1. The number of likely N-dealkylation sites (N-methyl/N-ethyl adjacent to an activating group) is 1. The second-order valence-corrected chi connectivity index (χ2v) is 18.8. The summed E-state index contributed by atoms with van der Waals surface area (Å²) in [6, 6.07) is 4.59. The molecule has 3 saturated heterocycles. The number of ether oxygens (including phenoxy) is 1. The third-order valence-electron chi connectivity index (χ3n) is 12.2. The molecule has 1 unspecified atom stereocenters. The molecule has 1 aromatic carbocycles. The number of fused-ring (bicyclic) bond motifs is 1. The van der Waals surface area contributed by atoms with Gasteiger partial charge >= 0.3 is 6.18 Å². The molecule has 3 aromatic rings. The number of aldehydes is 1. The summed E-state index contributed by atoms with van der Waals surface area (Å²) in [5.74, 6) is 5.96. The van der Waals surface area contributed by atoms with Gasteiger partial charge in [0.15, 0.2) is 0 Å². The number of halogens is 3. The van der Waals surface area contributed by atoms with Crippen LogP contribution in [-0.2, 0) is 38.4 Å². The van der Waals surface area contributed by atoms with Crippen LogP contribution in [0.3, 0.4) is 0 Å². The maximum Gasteiger partial charge on any atom is 0.419 e. The number of nitrogens with one attached hydrogen (secondary N) is 2. The van der Waals surface area contributed by atoms with Crippen molar-refractivity contribution in [2.75, 3.05) is 58.2 Å². The predicted octanol–water partition coefficient (Wildman–Crippen LogP) is 4.39. The minimum Gasteiger partial charge on any atom is -0.389 e. The zero-order valence-corrected chi connectivity index (χ0v) is 37.8. The molecule has 7 rings (SSSR count). The Labute approximate surface area is 381 Å². The van der Waals surface area contributed by atoms with Crippen LogP contribution in [0, 0.1) is 17.8 Å². The Kier molecular flexibility index (Phi) is 15.5. The molecule has 4 aliphatic heterocycles. The van der Waals surface area contributed by atoms with Crippen molar-refractivity contribution in [3.05, 3.63) is 59.0 Å². The van der Waals surface area contributed by atoms with Crippen LogP contribution >= 0.6 is 12.1 Å². The highest BCUT2D eigenvalue weighted by Crippen LogP contribution is 2.37. The van der Waals surface area contributed by atoms with Gasteiger partial charge in [-0.25, -0.2) is 18.6 Å². The fraction of sp³-hybridized carbons (Fsp3) is 0.578. The minimum absolute atomic E-state index is 0.0163. The summed E-state index contributed by atoms with van der Waals surface area (Å²) in [5.41, 5.74) is -0.171. The third kappa shape index (κ3) is 12.2. The average molecular weight is 923 g/mol. The molecule has 3 N–H and O–H groups in total. The molecule has 3 amide bonds. The van der Waals surface area contributed by atoms with Crippen LogP contribution in [0.15, 0.2) is 36.8 Å².